The number of piperazine rings is 1. The highest BCUT2D eigenvalue weighted by atomic mass is 16.5. The van der Waals surface area contributed by atoms with Gasteiger partial charge in [-0.3, -0.25) is 19.4 Å². The molecule has 1 saturated heterocycles. The number of nitrogens with zero attached hydrogens (tertiary/aromatic N) is 3. The fourth-order valence-corrected chi connectivity index (χ4v) is 7.12. The van der Waals surface area contributed by atoms with E-state index >= 15 is 0 Å². The molecule has 1 fully saturated rings. The molecule has 5 atom stereocenters. The zero-order valence-corrected chi connectivity index (χ0v) is 23.0. The van der Waals surface area contributed by atoms with Crippen LogP contribution in [0.15, 0.2) is 12.1 Å². The number of amides is 1. The number of carbonyl (C=O) groups is 2. The molecular formula is C29H34N4O6. The highest BCUT2D eigenvalue weighted by molar-refractivity contribution is 6.35. The first-order valence-electron chi connectivity index (χ1n) is 13.0. The largest absolute Gasteiger partial charge is 0.504 e. The third-order valence-corrected chi connectivity index (χ3v) is 8.69. The Morgan fingerprint density at radius 3 is 2.10 bits per heavy atom. The number of aromatic hydroxyl groups is 2. The molecule has 0 spiro atoms. The molecule has 39 heavy (non-hydrogen) atoms. The van der Waals surface area contributed by atoms with Gasteiger partial charge >= 0.3 is 0 Å². The van der Waals surface area contributed by atoms with E-state index in [-0.39, 0.29) is 36.2 Å². The van der Waals surface area contributed by atoms with E-state index in [2.05, 4.69) is 21.2 Å². The molecule has 1 amide bonds. The summed E-state index contributed by atoms with van der Waals surface area (Å²) >= 11 is 0. The average molecular weight is 535 g/mol. The van der Waals surface area contributed by atoms with Crippen LogP contribution < -0.4 is 14.8 Å². The van der Waals surface area contributed by atoms with E-state index < -0.39 is 23.8 Å². The van der Waals surface area contributed by atoms with Crippen molar-refractivity contribution in [2.75, 3.05) is 27.8 Å². The lowest BCUT2D eigenvalue weighted by atomic mass is 9.72. The van der Waals surface area contributed by atoms with E-state index in [1.807, 2.05) is 33.0 Å². The number of nitrogens with one attached hydrogen (secondary N) is 1. The Morgan fingerprint density at radius 1 is 1.03 bits per heavy atom. The van der Waals surface area contributed by atoms with Crippen LogP contribution >= 0.6 is 0 Å². The number of nitriles is 1. The monoisotopic (exact) mass is 534 g/mol. The van der Waals surface area contributed by atoms with E-state index in [0.29, 0.717) is 29.9 Å². The van der Waals surface area contributed by atoms with Crippen molar-refractivity contribution in [3.8, 4) is 29.1 Å². The van der Waals surface area contributed by atoms with Crippen molar-refractivity contribution in [3.63, 3.8) is 0 Å². The van der Waals surface area contributed by atoms with Crippen molar-refractivity contribution in [1.29, 1.82) is 5.26 Å². The van der Waals surface area contributed by atoms with E-state index in [1.165, 1.54) is 21.1 Å². The smallest absolute Gasteiger partial charge is 0.287 e. The number of ether oxygens (including phenoxy) is 2. The molecule has 0 aromatic heterocycles. The molecule has 3 aliphatic rings. The number of hydrogen-bond acceptors (Lipinski definition) is 9. The highest BCUT2D eigenvalue weighted by Crippen LogP contribution is 2.55. The molecule has 5 rings (SSSR count). The van der Waals surface area contributed by atoms with Gasteiger partial charge in [-0.15, -0.1) is 0 Å². The van der Waals surface area contributed by atoms with Crippen LogP contribution in [0.4, 0.5) is 0 Å². The summed E-state index contributed by atoms with van der Waals surface area (Å²) < 4.78 is 11.1. The van der Waals surface area contributed by atoms with Crippen LogP contribution in [0.3, 0.4) is 0 Å². The maximum absolute atomic E-state index is 12.3. The zero-order chi connectivity index (χ0) is 28.3. The van der Waals surface area contributed by atoms with Gasteiger partial charge < -0.3 is 25.0 Å². The first kappa shape index (κ1) is 26.8. The number of rotatable bonds is 5. The molecule has 0 saturated carbocycles. The molecule has 2 aromatic carbocycles. The minimum absolute atomic E-state index is 0.0130. The van der Waals surface area contributed by atoms with Crippen LogP contribution in [-0.2, 0) is 22.4 Å². The van der Waals surface area contributed by atoms with Gasteiger partial charge in [-0.2, -0.15) is 5.26 Å². The molecular weight excluding hydrogens is 500 g/mol. The molecule has 3 aliphatic heterocycles. The Bertz CT molecular complexity index is 1420. The zero-order valence-electron chi connectivity index (χ0n) is 23.0. The summed E-state index contributed by atoms with van der Waals surface area (Å²) in [6, 6.07) is 4.52. The summed E-state index contributed by atoms with van der Waals surface area (Å²) in [4.78, 5) is 28.3. The summed E-state index contributed by atoms with van der Waals surface area (Å²) in [5.74, 6) is -0.533. The van der Waals surface area contributed by atoms with Crippen LogP contribution in [0.1, 0.15) is 52.4 Å². The van der Waals surface area contributed by atoms with Gasteiger partial charge in [0, 0.05) is 36.7 Å². The molecule has 10 nitrogen and oxygen atoms in total. The number of likely N-dealkylation sites (N-methyl/N-ethyl adjacent to an activating group) is 1. The fraction of sp³-hybridized carbons (Fsp3) is 0.483. The normalized spacial score (nSPS) is 25.5. The Labute approximate surface area is 227 Å². The van der Waals surface area contributed by atoms with Crippen LogP contribution in [0.2, 0.25) is 0 Å². The van der Waals surface area contributed by atoms with Crippen molar-refractivity contribution in [3.05, 3.63) is 45.5 Å². The number of methoxy groups -OCH3 is 2. The number of Topliss-reactive ketones (excluding diaryl/α,β-unsaturated/α-hetero) is 1. The van der Waals surface area contributed by atoms with Crippen molar-refractivity contribution in [2.45, 2.75) is 63.8 Å². The minimum Gasteiger partial charge on any atom is -0.504 e. The predicted molar refractivity (Wildman–Crippen MR) is 142 cm³/mol. The van der Waals surface area contributed by atoms with Gasteiger partial charge in [0.2, 0.25) is 5.78 Å². The SMILES string of the molecule is COc1c(C)cc2c(c1O)[C@H]1[C@@H]3Cc4cc(C)c(OC)c(O)c4[C@H](CNC(=O)C(C)=O)N3[C@@H](C#N)[C@@H](C2)N1C. The lowest BCUT2D eigenvalue weighted by molar-refractivity contribution is -0.137. The van der Waals surface area contributed by atoms with Crippen LogP contribution in [-0.4, -0.2) is 77.6 Å². The molecule has 0 aliphatic carbocycles. The summed E-state index contributed by atoms with van der Waals surface area (Å²) in [6.45, 7) is 4.96. The summed E-state index contributed by atoms with van der Waals surface area (Å²) in [6.07, 6.45) is 1.02. The Kier molecular flexibility index (Phi) is 6.69. The van der Waals surface area contributed by atoms with E-state index in [0.717, 1.165) is 27.8 Å². The summed E-state index contributed by atoms with van der Waals surface area (Å²) in [5.41, 5.74) is 4.78. The quantitative estimate of drug-likeness (QED) is 0.494. The van der Waals surface area contributed by atoms with Gasteiger partial charge in [0.25, 0.3) is 5.91 Å². The second kappa shape index (κ2) is 9.74. The second-order valence-electron chi connectivity index (χ2n) is 10.8. The third-order valence-electron chi connectivity index (χ3n) is 8.69. The number of ketones is 1. The number of phenols is 2. The van der Waals surface area contributed by atoms with Crippen molar-refractivity contribution in [1.82, 2.24) is 15.1 Å². The first-order valence-corrected chi connectivity index (χ1v) is 13.0. The Balaban J connectivity index is 1.73. The topological polar surface area (TPSA) is 135 Å². The minimum atomic E-state index is -0.733. The number of carbonyl (C=O) groups excluding carboxylic acids is 2. The van der Waals surface area contributed by atoms with Crippen LogP contribution in [0.25, 0.3) is 0 Å². The van der Waals surface area contributed by atoms with Gasteiger partial charge in [-0.05, 0) is 56.0 Å². The van der Waals surface area contributed by atoms with Gasteiger partial charge in [-0.25, -0.2) is 0 Å². The van der Waals surface area contributed by atoms with E-state index in [1.54, 1.807) is 0 Å². The average Bonchev–Trinajstić information content (AvgIpc) is 2.88. The van der Waals surface area contributed by atoms with Crippen molar-refractivity contribution >= 4 is 11.7 Å². The van der Waals surface area contributed by atoms with Gasteiger partial charge in [0.15, 0.2) is 23.0 Å². The fourth-order valence-electron chi connectivity index (χ4n) is 7.12. The maximum Gasteiger partial charge on any atom is 0.287 e. The molecule has 3 N–H and O–H groups in total. The number of hydrogen-bond donors (Lipinski definition) is 3. The van der Waals surface area contributed by atoms with E-state index in [9.17, 15) is 25.1 Å². The van der Waals surface area contributed by atoms with E-state index in [4.69, 9.17) is 9.47 Å². The number of benzene rings is 2. The summed E-state index contributed by atoms with van der Waals surface area (Å²) in [5, 5.41) is 36.0. The maximum atomic E-state index is 12.3. The molecule has 0 radical (unpaired) electrons. The summed E-state index contributed by atoms with van der Waals surface area (Å²) in [7, 11) is 5.00. The molecule has 10 heteroatoms. The first-order chi connectivity index (χ1) is 18.5. The highest BCUT2D eigenvalue weighted by Gasteiger charge is 2.55. The molecule has 0 unspecified atom stereocenters. The number of fused-ring (bicyclic) bond motifs is 7. The van der Waals surface area contributed by atoms with Crippen molar-refractivity contribution in [2.24, 2.45) is 0 Å². The molecule has 206 valence electrons. The second-order valence-corrected chi connectivity index (χ2v) is 10.8. The Morgan fingerprint density at radius 2 is 1.56 bits per heavy atom. The van der Waals surface area contributed by atoms with Crippen LogP contribution in [0, 0.1) is 25.2 Å². The lowest BCUT2D eigenvalue weighted by Crippen LogP contribution is -2.68. The van der Waals surface area contributed by atoms with Crippen LogP contribution in [0.5, 0.6) is 23.0 Å². The van der Waals surface area contributed by atoms with Crippen molar-refractivity contribution < 1.29 is 29.3 Å². The lowest BCUT2D eigenvalue weighted by Gasteiger charge is -2.60. The standard InChI is InChI=1S/C29H34N4O6/c1-13-7-16-10-19-24-23-17(8-14(2)28(39-6)26(23)36)9-18(32(24)4)20(11-30)33(19)21(12-31-29(37)15(3)34)22(16)25(35)27(13)38-5/h7-8,18-21,24,35-36H,9-10,12H2,1-6H3,(H,31,37)/t18-,19+,20+,21+,24-/m1/s1. The predicted octanol–water partition coefficient (Wildman–Crippen LogP) is 2.21. The van der Waals surface area contributed by atoms with Gasteiger partial charge in [0.1, 0.15) is 6.04 Å². The number of phenolic OH excluding ortho intramolecular Hbond substituents is 2. The Hall–Kier alpha value is -3.81. The third kappa shape index (κ3) is 3.91. The van der Waals surface area contributed by atoms with Gasteiger partial charge in [0.05, 0.1) is 32.4 Å². The number of aryl methyl sites for hydroxylation is 2. The molecule has 3 heterocycles. The molecule has 2 bridgehead atoms. The molecule has 2 aromatic rings. The van der Waals surface area contributed by atoms with Gasteiger partial charge in [-0.1, -0.05) is 12.1 Å².